The number of nitrogens with zero attached hydrogens (tertiary/aromatic N) is 2. The van der Waals surface area contributed by atoms with Crippen molar-refractivity contribution in [3.8, 4) is 0 Å². The summed E-state index contributed by atoms with van der Waals surface area (Å²) in [6.07, 6.45) is 0.988. The maximum Gasteiger partial charge on any atom is 0.133 e. The summed E-state index contributed by atoms with van der Waals surface area (Å²) in [4.78, 5) is 14.9. The highest BCUT2D eigenvalue weighted by atomic mass is 16.1. The first-order chi connectivity index (χ1) is 5.56. The Balaban J connectivity index is 2.50. The van der Waals surface area contributed by atoms with Crippen molar-refractivity contribution in [2.75, 3.05) is 33.2 Å². The van der Waals surface area contributed by atoms with Crippen molar-refractivity contribution >= 4 is 6.29 Å². The molecule has 0 saturated carbocycles. The molecule has 12 heavy (non-hydrogen) atoms. The molecule has 1 saturated heterocycles. The summed E-state index contributed by atoms with van der Waals surface area (Å²) in [6, 6.07) is 0. The largest absolute Gasteiger partial charge is 0.302 e. The summed E-state index contributed by atoms with van der Waals surface area (Å²) >= 11 is 0. The summed E-state index contributed by atoms with van der Waals surface area (Å²) in [7, 11) is 2.14. The molecule has 0 spiro atoms. The molecule has 1 rings (SSSR count). The van der Waals surface area contributed by atoms with Crippen LogP contribution in [0.2, 0.25) is 0 Å². The van der Waals surface area contributed by atoms with Gasteiger partial charge in [-0.25, -0.2) is 0 Å². The predicted octanol–water partition coefficient (Wildman–Crippen LogP) is 0.211. The van der Waals surface area contributed by atoms with Gasteiger partial charge in [0.25, 0.3) is 0 Å². The molecule has 0 aromatic heterocycles. The number of aldehydes is 1. The molecule has 0 unspecified atom stereocenters. The third-order valence-corrected chi connectivity index (χ3v) is 2.73. The fraction of sp³-hybridized carbons (Fsp3) is 0.889. The van der Waals surface area contributed by atoms with Gasteiger partial charge < -0.3 is 4.79 Å². The van der Waals surface area contributed by atoms with E-state index in [4.69, 9.17) is 0 Å². The lowest BCUT2D eigenvalue weighted by atomic mass is 10.00. The normalized spacial score (nSPS) is 25.6. The van der Waals surface area contributed by atoms with E-state index in [1.807, 2.05) is 0 Å². The molecule has 0 aromatic carbocycles. The van der Waals surface area contributed by atoms with Gasteiger partial charge in [-0.05, 0) is 20.9 Å². The molecule has 0 aliphatic carbocycles. The van der Waals surface area contributed by atoms with Gasteiger partial charge >= 0.3 is 0 Å². The Morgan fingerprint density at radius 2 is 2.08 bits per heavy atom. The fourth-order valence-electron chi connectivity index (χ4n) is 1.60. The molecule has 0 atom stereocenters. The van der Waals surface area contributed by atoms with E-state index in [1.165, 1.54) is 0 Å². The number of carbonyl (C=O) groups excluding carboxylic acids is 1. The molecule has 3 heteroatoms. The topological polar surface area (TPSA) is 23.6 Å². The second-order valence-electron chi connectivity index (χ2n) is 4.14. The lowest BCUT2D eigenvalue weighted by molar-refractivity contribution is -0.109. The first-order valence-corrected chi connectivity index (χ1v) is 4.43. The standard InChI is InChI=1S/C9H18N2O/c1-9(2)8-11(6-7-12)5-4-10(9)3/h7H,4-6,8H2,1-3H3. The molecule has 1 heterocycles. The summed E-state index contributed by atoms with van der Waals surface area (Å²) in [5.74, 6) is 0. The summed E-state index contributed by atoms with van der Waals surface area (Å²) in [5.41, 5.74) is 0.210. The van der Waals surface area contributed by atoms with Crippen LogP contribution in [-0.2, 0) is 4.79 Å². The van der Waals surface area contributed by atoms with Crippen molar-refractivity contribution in [1.29, 1.82) is 0 Å². The second-order valence-corrected chi connectivity index (χ2v) is 4.14. The second kappa shape index (κ2) is 3.54. The van der Waals surface area contributed by atoms with Gasteiger partial charge in [0, 0.05) is 25.2 Å². The molecule has 1 fully saturated rings. The van der Waals surface area contributed by atoms with Crippen LogP contribution >= 0.6 is 0 Å². The highest BCUT2D eigenvalue weighted by molar-refractivity contribution is 5.52. The van der Waals surface area contributed by atoms with Gasteiger partial charge in [0.2, 0.25) is 0 Å². The zero-order valence-corrected chi connectivity index (χ0v) is 8.21. The Kier molecular flexibility index (Phi) is 2.85. The number of likely N-dealkylation sites (N-methyl/N-ethyl adjacent to an activating group) is 1. The fourth-order valence-corrected chi connectivity index (χ4v) is 1.60. The molecule has 0 radical (unpaired) electrons. The minimum Gasteiger partial charge on any atom is -0.302 e. The van der Waals surface area contributed by atoms with E-state index < -0.39 is 0 Å². The van der Waals surface area contributed by atoms with Gasteiger partial charge in [-0.3, -0.25) is 9.80 Å². The van der Waals surface area contributed by atoms with Crippen LogP contribution in [0.5, 0.6) is 0 Å². The molecular formula is C9H18N2O. The first kappa shape index (κ1) is 9.68. The van der Waals surface area contributed by atoms with Crippen LogP contribution in [0.3, 0.4) is 0 Å². The van der Waals surface area contributed by atoms with Crippen LogP contribution in [0.15, 0.2) is 0 Å². The smallest absolute Gasteiger partial charge is 0.133 e. The van der Waals surface area contributed by atoms with E-state index in [2.05, 4.69) is 30.7 Å². The zero-order valence-electron chi connectivity index (χ0n) is 8.21. The first-order valence-electron chi connectivity index (χ1n) is 4.43. The number of piperazine rings is 1. The Hall–Kier alpha value is -0.410. The molecule has 0 N–H and O–H groups in total. The Morgan fingerprint density at radius 3 is 2.58 bits per heavy atom. The maximum atomic E-state index is 10.3. The average molecular weight is 170 g/mol. The minimum atomic E-state index is 0.210. The average Bonchev–Trinajstić information content (AvgIpc) is 1.97. The molecule has 0 aromatic rings. The molecule has 0 amide bonds. The van der Waals surface area contributed by atoms with Gasteiger partial charge in [-0.1, -0.05) is 0 Å². The highest BCUT2D eigenvalue weighted by Gasteiger charge is 2.30. The van der Waals surface area contributed by atoms with Crippen molar-refractivity contribution in [3.05, 3.63) is 0 Å². The van der Waals surface area contributed by atoms with Crippen molar-refractivity contribution in [3.63, 3.8) is 0 Å². The van der Waals surface area contributed by atoms with E-state index >= 15 is 0 Å². The zero-order chi connectivity index (χ0) is 9.19. The number of rotatable bonds is 2. The van der Waals surface area contributed by atoms with E-state index in [0.29, 0.717) is 6.54 Å². The van der Waals surface area contributed by atoms with E-state index in [1.54, 1.807) is 0 Å². The number of hydrogen-bond acceptors (Lipinski definition) is 3. The molecule has 1 aliphatic rings. The molecule has 70 valence electrons. The predicted molar refractivity (Wildman–Crippen MR) is 49.2 cm³/mol. The van der Waals surface area contributed by atoms with Gasteiger partial charge in [0.05, 0.1) is 6.54 Å². The van der Waals surface area contributed by atoms with E-state index in [9.17, 15) is 4.79 Å². The van der Waals surface area contributed by atoms with Crippen molar-refractivity contribution < 1.29 is 4.79 Å². The maximum absolute atomic E-state index is 10.3. The van der Waals surface area contributed by atoms with Crippen LogP contribution in [0.25, 0.3) is 0 Å². The Labute approximate surface area is 74.3 Å². The van der Waals surface area contributed by atoms with E-state index in [-0.39, 0.29) is 5.54 Å². The van der Waals surface area contributed by atoms with Crippen LogP contribution in [0.1, 0.15) is 13.8 Å². The van der Waals surface area contributed by atoms with Gasteiger partial charge in [-0.15, -0.1) is 0 Å². The lowest BCUT2D eigenvalue weighted by Crippen LogP contribution is -2.57. The van der Waals surface area contributed by atoms with Crippen LogP contribution in [0.4, 0.5) is 0 Å². The number of carbonyl (C=O) groups is 1. The van der Waals surface area contributed by atoms with Crippen LogP contribution in [0, 0.1) is 0 Å². The molecule has 1 aliphatic heterocycles. The Morgan fingerprint density at radius 1 is 1.42 bits per heavy atom. The summed E-state index contributed by atoms with van der Waals surface area (Å²) in [6.45, 7) is 8.06. The highest BCUT2D eigenvalue weighted by Crippen LogP contribution is 2.17. The Bertz CT molecular complexity index is 168. The quantitative estimate of drug-likeness (QED) is 0.554. The van der Waals surface area contributed by atoms with E-state index in [0.717, 1.165) is 25.9 Å². The third kappa shape index (κ3) is 2.05. The lowest BCUT2D eigenvalue weighted by Gasteiger charge is -2.44. The third-order valence-electron chi connectivity index (χ3n) is 2.73. The number of hydrogen-bond donors (Lipinski definition) is 0. The van der Waals surface area contributed by atoms with Crippen molar-refractivity contribution in [1.82, 2.24) is 9.80 Å². The van der Waals surface area contributed by atoms with Crippen molar-refractivity contribution in [2.24, 2.45) is 0 Å². The molecule has 3 nitrogen and oxygen atoms in total. The van der Waals surface area contributed by atoms with Crippen molar-refractivity contribution in [2.45, 2.75) is 19.4 Å². The SMILES string of the molecule is CN1CCN(CC=O)CC1(C)C. The van der Waals surface area contributed by atoms with Gasteiger partial charge in [0.15, 0.2) is 0 Å². The molecular weight excluding hydrogens is 152 g/mol. The van der Waals surface area contributed by atoms with Crippen LogP contribution in [-0.4, -0.2) is 54.9 Å². The van der Waals surface area contributed by atoms with Crippen LogP contribution < -0.4 is 0 Å². The molecule has 0 bridgehead atoms. The summed E-state index contributed by atoms with van der Waals surface area (Å²) in [5, 5.41) is 0. The minimum absolute atomic E-state index is 0.210. The van der Waals surface area contributed by atoms with Gasteiger partial charge in [0.1, 0.15) is 6.29 Å². The summed E-state index contributed by atoms with van der Waals surface area (Å²) < 4.78 is 0. The van der Waals surface area contributed by atoms with Gasteiger partial charge in [-0.2, -0.15) is 0 Å². The monoisotopic (exact) mass is 170 g/mol.